The van der Waals surface area contributed by atoms with Crippen LogP contribution in [0.3, 0.4) is 0 Å². The van der Waals surface area contributed by atoms with E-state index in [0.717, 1.165) is 17.6 Å². The molecule has 0 bridgehead atoms. The highest BCUT2D eigenvalue weighted by Gasteiger charge is 2.09. The normalized spacial score (nSPS) is 12.5. The molecule has 2 heterocycles. The molecular weight excluding hydrogens is 273 g/mol. The molecule has 3 aromatic rings. The maximum atomic E-state index is 13.2. The van der Waals surface area contributed by atoms with Gasteiger partial charge in [-0.1, -0.05) is 6.07 Å². The molecule has 102 valence electrons. The Morgan fingerprint density at radius 1 is 1.30 bits per heavy atom. The maximum absolute atomic E-state index is 13.2. The van der Waals surface area contributed by atoms with E-state index >= 15 is 0 Å². The Morgan fingerprint density at radius 3 is 3.00 bits per heavy atom. The molecule has 0 fully saturated rings. The summed E-state index contributed by atoms with van der Waals surface area (Å²) in [7, 11) is 0. The summed E-state index contributed by atoms with van der Waals surface area (Å²) < 4.78 is 13.2. The van der Waals surface area contributed by atoms with Crippen LogP contribution in [0.5, 0.6) is 0 Å². The van der Waals surface area contributed by atoms with Gasteiger partial charge in [0.05, 0.1) is 5.52 Å². The molecule has 3 rings (SSSR count). The fraction of sp³-hybridized carbons (Fsp3) is 0.200. The number of nitrogens with one attached hydrogen (secondary N) is 1. The molecule has 0 saturated heterocycles. The summed E-state index contributed by atoms with van der Waals surface area (Å²) >= 11 is 1.75. The number of fused-ring (bicyclic) bond motifs is 1. The second-order valence-corrected chi connectivity index (χ2v) is 5.74. The van der Waals surface area contributed by atoms with Gasteiger partial charge in [-0.3, -0.25) is 0 Å². The molecule has 1 aromatic carbocycles. The van der Waals surface area contributed by atoms with E-state index in [0.29, 0.717) is 5.52 Å². The number of halogens is 1. The molecule has 0 amide bonds. The van der Waals surface area contributed by atoms with Gasteiger partial charge in [-0.2, -0.15) is 0 Å². The van der Waals surface area contributed by atoms with Gasteiger partial charge in [-0.15, -0.1) is 11.3 Å². The molecule has 20 heavy (non-hydrogen) atoms. The van der Waals surface area contributed by atoms with Gasteiger partial charge >= 0.3 is 0 Å². The average molecular weight is 287 g/mol. The lowest BCUT2D eigenvalue weighted by atomic mass is 10.2. The van der Waals surface area contributed by atoms with Crippen LogP contribution >= 0.6 is 11.3 Å². The summed E-state index contributed by atoms with van der Waals surface area (Å²) in [6.45, 7) is 2.11. The summed E-state index contributed by atoms with van der Waals surface area (Å²) in [5, 5.41) is 6.29. The zero-order valence-electron chi connectivity index (χ0n) is 11.0. The van der Waals surface area contributed by atoms with Crippen molar-refractivity contribution in [3.63, 3.8) is 0 Å². The lowest BCUT2D eigenvalue weighted by Gasteiger charge is -2.15. The SMILES string of the molecule is C[C@@H](Cc1cccs1)Nc1ncnc2cc(F)ccc12. The second-order valence-electron chi connectivity index (χ2n) is 4.71. The number of nitrogens with zero attached hydrogens (tertiary/aromatic N) is 2. The highest BCUT2D eigenvalue weighted by molar-refractivity contribution is 7.09. The molecule has 0 saturated carbocycles. The standard InChI is InChI=1S/C15H14FN3S/c1-10(7-12-3-2-6-20-12)19-15-13-5-4-11(16)8-14(13)17-9-18-15/h2-6,8-10H,7H2,1H3,(H,17,18,19)/t10-/m0/s1. The van der Waals surface area contributed by atoms with Gasteiger partial charge in [0.2, 0.25) is 0 Å². The van der Waals surface area contributed by atoms with Crippen molar-refractivity contribution in [2.75, 3.05) is 5.32 Å². The van der Waals surface area contributed by atoms with Crippen LogP contribution in [0, 0.1) is 5.82 Å². The predicted molar refractivity (Wildman–Crippen MR) is 80.6 cm³/mol. The second kappa shape index (κ2) is 5.54. The zero-order valence-corrected chi connectivity index (χ0v) is 11.8. The third kappa shape index (κ3) is 2.77. The molecular formula is C15H14FN3S. The molecule has 0 spiro atoms. The van der Waals surface area contributed by atoms with Gasteiger partial charge < -0.3 is 5.32 Å². The lowest BCUT2D eigenvalue weighted by Crippen LogP contribution is -2.18. The molecule has 1 N–H and O–H groups in total. The number of thiophene rings is 1. The van der Waals surface area contributed by atoms with Crippen molar-refractivity contribution >= 4 is 28.1 Å². The van der Waals surface area contributed by atoms with E-state index in [9.17, 15) is 4.39 Å². The van der Waals surface area contributed by atoms with Crippen molar-refractivity contribution in [2.24, 2.45) is 0 Å². The van der Waals surface area contributed by atoms with Crippen LogP contribution in [0.15, 0.2) is 42.0 Å². The molecule has 0 aliphatic carbocycles. The minimum absolute atomic E-state index is 0.247. The first-order chi connectivity index (χ1) is 9.72. The van der Waals surface area contributed by atoms with Gasteiger partial charge in [0.15, 0.2) is 0 Å². The van der Waals surface area contributed by atoms with Crippen LogP contribution in [0.1, 0.15) is 11.8 Å². The Morgan fingerprint density at radius 2 is 2.20 bits per heavy atom. The van der Waals surface area contributed by atoms with Crippen molar-refractivity contribution in [3.05, 3.63) is 52.7 Å². The molecule has 0 unspecified atom stereocenters. The number of benzene rings is 1. The largest absolute Gasteiger partial charge is 0.367 e. The summed E-state index contributed by atoms with van der Waals surface area (Å²) in [6.07, 6.45) is 2.40. The van der Waals surface area contributed by atoms with Gasteiger partial charge in [0.25, 0.3) is 0 Å². The number of hydrogen-bond acceptors (Lipinski definition) is 4. The molecule has 0 aliphatic rings. The Kier molecular flexibility index (Phi) is 3.60. The average Bonchev–Trinajstić information content (AvgIpc) is 2.91. The minimum Gasteiger partial charge on any atom is -0.367 e. The first-order valence-electron chi connectivity index (χ1n) is 6.41. The van der Waals surface area contributed by atoms with Crippen LogP contribution in [0.4, 0.5) is 10.2 Å². The third-order valence-corrected chi connectivity index (χ3v) is 3.97. The quantitative estimate of drug-likeness (QED) is 0.791. The van der Waals surface area contributed by atoms with E-state index in [2.05, 4.69) is 39.7 Å². The van der Waals surface area contributed by atoms with Crippen molar-refractivity contribution in [1.29, 1.82) is 0 Å². The minimum atomic E-state index is -0.284. The molecule has 2 aromatic heterocycles. The van der Waals surface area contributed by atoms with Crippen molar-refractivity contribution in [1.82, 2.24) is 9.97 Å². The number of rotatable bonds is 4. The van der Waals surface area contributed by atoms with Gasteiger partial charge in [-0.25, -0.2) is 14.4 Å². The highest BCUT2D eigenvalue weighted by atomic mass is 32.1. The molecule has 5 heteroatoms. The summed E-state index contributed by atoms with van der Waals surface area (Å²) in [5.74, 6) is 0.466. The van der Waals surface area contributed by atoms with Crippen LogP contribution in [0.2, 0.25) is 0 Å². The number of aromatic nitrogens is 2. The smallest absolute Gasteiger partial charge is 0.137 e. The fourth-order valence-electron chi connectivity index (χ4n) is 2.16. The first-order valence-corrected chi connectivity index (χ1v) is 7.29. The van der Waals surface area contributed by atoms with Crippen molar-refractivity contribution in [2.45, 2.75) is 19.4 Å². The van der Waals surface area contributed by atoms with Crippen LogP contribution in [-0.4, -0.2) is 16.0 Å². The lowest BCUT2D eigenvalue weighted by molar-refractivity contribution is 0.629. The zero-order chi connectivity index (χ0) is 13.9. The number of hydrogen-bond donors (Lipinski definition) is 1. The Balaban J connectivity index is 1.83. The van der Waals surface area contributed by atoms with Crippen molar-refractivity contribution in [3.8, 4) is 0 Å². The number of anilines is 1. The van der Waals surface area contributed by atoms with Crippen LogP contribution < -0.4 is 5.32 Å². The van der Waals surface area contributed by atoms with Crippen LogP contribution in [0.25, 0.3) is 10.9 Å². The predicted octanol–water partition coefficient (Wildman–Crippen LogP) is 3.87. The Hall–Kier alpha value is -2.01. The summed E-state index contributed by atoms with van der Waals surface area (Å²) in [6, 6.07) is 8.99. The van der Waals surface area contributed by atoms with Crippen LogP contribution in [-0.2, 0) is 6.42 Å². The van der Waals surface area contributed by atoms with E-state index in [1.807, 2.05) is 0 Å². The van der Waals surface area contributed by atoms with E-state index in [1.165, 1.54) is 23.3 Å². The third-order valence-electron chi connectivity index (χ3n) is 3.07. The molecule has 0 radical (unpaired) electrons. The monoisotopic (exact) mass is 287 g/mol. The first kappa shape index (κ1) is 13.0. The summed E-state index contributed by atoms with van der Waals surface area (Å²) in [5.41, 5.74) is 0.617. The van der Waals surface area contributed by atoms with Crippen molar-refractivity contribution < 1.29 is 4.39 Å². The van der Waals surface area contributed by atoms with E-state index < -0.39 is 0 Å². The highest BCUT2D eigenvalue weighted by Crippen LogP contribution is 2.21. The Bertz CT molecular complexity index is 712. The van der Waals surface area contributed by atoms with Gasteiger partial charge in [0.1, 0.15) is 18.0 Å². The molecule has 1 atom stereocenters. The van der Waals surface area contributed by atoms with Gasteiger partial charge in [0, 0.05) is 28.8 Å². The maximum Gasteiger partial charge on any atom is 0.137 e. The molecule has 3 nitrogen and oxygen atoms in total. The van der Waals surface area contributed by atoms with E-state index in [-0.39, 0.29) is 11.9 Å². The topological polar surface area (TPSA) is 37.8 Å². The Labute approximate surface area is 120 Å². The fourth-order valence-corrected chi connectivity index (χ4v) is 3.00. The molecule has 0 aliphatic heterocycles. The van der Waals surface area contributed by atoms with Gasteiger partial charge in [-0.05, 0) is 30.5 Å². The van der Waals surface area contributed by atoms with E-state index in [1.54, 1.807) is 17.4 Å². The summed E-state index contributed by atoms with van der Waals surface area (Å²) in [4.78, 5) is 9.69. The van der Waals surface area contributed by atoms with E-state index in [4.69, 9.17) is 0 Å².